The number of hydrogen-bond acceptors (Lipinski definition) is 3. The topological polar surface area (TPSA) is 72.2 Å². The van der Waals surface area contributed by atoms with Crippen LogP contribution in [0.1, 0.15) is 10.4 Å². The zero-order valence-corrected chi connectivity index (χ0v) is 13.4. The molecule has 8 heteroatoms. The molecule has 0 spiro atoms. The summed E-state index contributed by atoms with van der Waals surface area (Å²) < 4.78 is 0.450. The maximum Gasteiger partial charge on any atom is 0.270 e. The summed E-state index contributed by atoms with van der Waals surface area (Å²) in [6.45, 7) is 0. The minimum Gasteiger partial charge on any atom is -0.322 e. The fourth-order valence-electron chi connectivity index (χ4n) is 1.57. The zero-order valence-electron chi connectivity index (χ0n) is 10.3. The van der Waals surface area contributed by atoms with E-state index >= 15 is 0 Å². The fourth-order valence-corrected chi connectivity index (χ4v) is 2.30. The van der Waals surface area contributed by atoms with Gasteiger partial charge in [0.05, 0.1) is 20.5 Å². The largest absolute Gasteiger partial charge is 0.322 e. The van der Waals surface area contributed by atoms with Crippen molar-refractivity contribution in [2.45, 2.75) is 0 Å². The van der Waals surface area contributed by atoms with Gasteiger partial charge in [0, 0.05) is 22.3 Å². The monoisotopic (exact) mass is 388 g/mol. The van der Waals surface area contributed by atoms with Crippen LogP contribution in [0.5, 0.6) is 0 Å². The Labute approximate surface area is 138 Å². The first kappa shape index (κ1) is 15.8. The quantitative estimate of drug-likeness (QED) is 0.598. The van der Waals surface area contributed by atoms with Gasteiger partial charge in [-0.05, 0) is 40.2 Å². The first-order valence-corrected chi connectivity index (χ1v) is 7.13. The van der Waals surface area contributed by atoms with E-state index in [1.54, 1.807) is 12.1 Å². The molecular weight excluding hydrogens is 383 g/mol. The van der Waals surface area contributed by atoms with E-state index in [-0.39, 0.29) is 11.3 Å². The molecule has 2 rings (SSSR count). The van der Waals surface area contributed by atoms with E-state index in [1.807, 2.05) is 0 Å². The van der Waals surface area contributed by atoms with Crippen molar-refractivity contribution in [1.29, 1.82) is 0 Å². The number of nitro groups is 1. The molecule has 0 radical (unpaired) electrons. The lowest BCUT2D eigenvalue weighted by atomic mass is 10.2. The van der Waals surface area contributed by atoms with Gasteiger partial charge in [0.2, 0.25) is 0 Å². The molecule has 108 valence electrons. The average Bonchev–Trinajstić information content (AvgIpc) is 2.43. The predicted molar refractivity (Wildman–Crippen MR) is 85.2 cm³/mol. The smallest absolute Gasteiger partial charge is 0.270 e. The summed E-state index contributed by atoms with van der Waals surface area (Å²) in [5.74, 6) is -0.496. The van der Waals surface area contributed by atoms with Crippen LogP contribution in [0.2, 0.25) is 10.0 Å². The van der Waals surface area contributed by atoms with Crippen LogP contribution >= 0.6 is 39.1 Å². The summed E-state index contributed by atoms with van der Waals surface area (Å²) in [4.78, 5) is 22.4. The molecule has 1 amide bonds. The van der Waals surface area contributed by atoms with Gasteiger partial charge in [-0.25, -0.2) is 0 Å². The molecule has 0 bridgehead atoms. The maximum absolute atomic E-state index is 12.2. The van der Waals surface area contributed by atoms with Crippen LogP contribution in [-0.2, 0) is 0 Å². The van der Waals surface area contributed by atoms with Crippen molar-refractivity contribution in [2.75, 3.05) is 5.32 Å². The second kappa shape index (κ2) is 6.43. The van der Waals surface area contributed by atoms with Crippen molar-refractivity contribution in [3.05, 3.63) is 66.6 Å². The normalized spacial score (nSPS) is 10.2. The molecule has 5 nitrogen and oxygen atoms in total. The SMILES string of the molecule is O=C(Nc1ccc(Cl)c(Cl)c1)c1cc([N+](=O)[O-])ccc1Br. The zero-order chi connectivity index (χ0) is 15.6. The molecule has 0 aromatic heterocycles. The van der Waals surface area contributed by atoms with Crippen LogP contribution in [0, 0.1) is 10.1 Å². The van der Waals surface area contributed by atoms with E-state index in [0.717, 1.165) is 0 Å². The maximum atomic E-state index is 12.2. The number of benzene rings is 2. The molecule has 0 saturated heterocycles. The lowest BCUT2D eigenvalue weighted by Crippen LogP contribution is -2.13. The molecule has 2 aromatic carbocycles. The van der Waals surface area contributed by atoms with Gasteiger partial charge < -0.3 is 5.32 Å². The molecule has 0 aliphatic heterocycles. The number of carbonyl (C=O) groups is 1. The Morgan fingerprint density at radius 2 is 1.86 bits per heavy atom. The van der Waals surface area contributed by atoms with Crippen molar-refractivity contribution >= 4 is 56.4 Å². The Balaban J connectivity index is 2.29. The molecule has 21 heavy (non-hydrogen) atoms. The molecule has 0 unspecified atom stereocenters. The number of nitrogens with one attached hydrogen (secondary N) is 1. The summed E-state index contributed by atoms with van der Waals surface area (Å²) >= 11 is 14.8. The Hall–Kier alpha value is -1.63. The van der Waals surface area contributed by atoms with Crippen LogP contribution < -0.4 is 5.32 Å². The third-order valence-electron chi connectivity index (χ3n) is 2.58. The van der Waals surface area contributed by atoms with E-state index in [4.69, 9.17) is 23.2 Å². The Kier molecular flexibility index (Phi) is 4.82. The second-order valence-electron chi connectivity index (χ2n) is 4.00. The summed E-state index contributed by atoms with van der Waals surface area (Å²) in [7, 11) is 0. The van der Waals surface area contributed by atoms with Gasteiger partial charge in [-0.2, -0.15) is 0 Å². The van der Waals surface area contributed by atoms with Gasteiger partial charge in [-0.1, -0.05) is 23.2 Å². The van der Waals surface area contributed by atoms with Crippen LogP contribution in [0.3, 0.4) is 0 Å². The van der Waals surface area contributed by atoms with Crippen molar-refractivity contribution in [2.24, 2.45) is 0 Å². The van der Waals surface area contributed by atoms with Crippen molar-refractivity contribution in [3.63, 3.8) is 0 Å². The number of halogens is 3. The lowest BCUT2D eigenvalue weighted by Gasteiger charge is -2.08. The molecule has 1 N–H and O–H groups in total. The average molecular weight is 390 g/mol. The van der Waals surface area contributed by atoms with Crippen LogP contribution in [-0.4, -0.2) is 10.8 Å². The standard InChI is InChI=1S/C13H7BrCl2N2O3/c14-10-3-2-8(18(20)21)6-9(10)13(19)17-7-1-4-11(15)12(16)5-7/h1-6H,(H,17,19). The van der Waals surface area contributed by atoms with Gasteiger partial charge in [0.15, 0.2) is 0 Å². The Morgan fingerprint density at radius 1 is 1.14 bits per heavy atom. The van der Waals surface area contributed by atoms with E-state index in [2.05, 4.69) is 21.2 Å². The third kappa shape index (κ3) is 3.72. The number of non-ortho nitro benzene ring substituents is 1. The fraction of sp³-hybridized carbons (Fsp3) is 0. The molecule has 0 fully saturated rings. The lowest BCUT2D eigenvalue weighted by molar-refractivity contribution is -0.384. The van der Waals surface area contributed by atoms with E-state index < -0.39 is 10.8 Å². The molecule has 0 aliphatic carbocycles. The van der Waals surface area contributed by atoms with E-state index in [0.29, 0.717) is 20.2 Å². The highest BCUT2D eigenvalue weighted by Gasteiger charge is 2.16. The minimum absolute atomic E-state index is 0.148. The second-order valence-corrected chi connectivity index (χ2v) is 5.67. The number of nitrogens with zero attached hydrogens (tertiary/aromatic N) is 1. The van der Waals surface area contributed by atoms with Crippen molar-refractivity contribution in [3.8, 4) is 0 Å². The van der Waals surface area contributed by atoms with Gasteiger partial charge in [0.25, 0.3) is 11.6 Å². The number of rotatable bonds is 3. The number of hydrogen-bond donors (Lipinski definition) is 1. The Morgan fingerprint density at radius 3 is 2.48 bits per heavy atom. The third-order valence-corrected chi connectivity index (χ3v) is 4.01. The first-order chi connectivity index (χ1) is 9.88. The Bertz CT molecular complexity index is 737. The van der Waals surface area contributed by atoms with E-state index in [1.165, 1.54) is 24.3 Å². The van der Waals surface area contributed by atoms with Crippen LogP contribution in [0.4, 0.5) is 11.4 Å². The molecule has 0 aliphatic rings. The summed E-state index contributed by atoms with van der Waals surface area (Å²) in [6.07, 6.45) is 0. The summed E-state index contributed by atoms with van der Waals surface area (Å²) in [6, 6.07) is 8.56. The van der Waals surface area contributed by atoms with Crippen molar-refractivity contribution < 1.29 is 9.72 Å². The molecular formula is C13H7BrCl2N2O3. The highest BCUT2D eigenvalue weighted by Crippen LogP contribution is 2.27. The van der Waals surface area contributed by atoms with Gasteiger partial charge in [-0.3, -0.25) is 14.9 Å². The van der Waals surface area contributed by atoms with Gasteiger partial charge >= 0.3 is 0 Å². The predicted octanol–water partition coefficient (Wildman–Crippen LogP) is 4.92. The van der Waals surface area contributed by atoms with E-state index in [9.17, 15) is 14.9 Å². The minimum atomic E-state index is -0.567. The van der Waals surface area contributed by atoms with Crippen LogP contribution in [0.15, 0.2) is 40.9 Å². The molecule has 0 atom stereocenters. The summed E-state index contributed by atoms with van der Waals surface area (Å²) in [5.41, 5.74) is 0.417. The van der Waals surface area contributed by atoms with Crippen molar-refractivity contribution in [1.82, 2.24) is 0 Å². The number of nitro benzene ring substituents is 1. The highest BCUT2D eigenvalue weighted by atomic mass is 79.9. The highest BCUT2D eigenvalue weighted by molar-refractivity contribution is 9.10. The van der Waals surface area contributed by atoms with Gasteiger partial charge in [0.1, 0.15) is 0 Å². The van der Waals surface area contributed by atoms with Crippen LogP contribution in [0.25, 0.3) is 0 Å². The number of anilines is 1. The van der Waals surface area contributed by atoms with Gasteiger partial charge in [-0.15, -0.1) is 0 Å². The first-order valence-electron chi connectivity index (χ1n) is 5.59. The number of amides is 1. The molecule has 0 saturated carbocycles. The molecule has 2 aromatic rings. The molecule has 0 heterocycles. The summed E-state index contributed by atoms with van der Waals surface area (Å²) in [5, 5.41) is 14.0. The number of carbonyl (C=O) groups excluding carboxylic acids is 1.